The van der Waals surface area contributed by atoms with Crippen molar-refractivity contribution in [1.29, 1.82) is 0 Å². The summed E-state index contributed by atoms with van der Waals surface area (Å²) in [5, 5.41) is 0. The van der Waals surface area contributed by atoms with Crippen molar-refractivity contribution in [2.75, 3.05) is 44.2 Å². The van der Waals surface area contributed by atoms with Gasteiger partial charge in [-0.2, -0.15) is 0 Å². The van der Waals surface area contributed by atoms with Crippen molar-refractivity contribution in [3.63, 3.8) is 0 Å². The van der Waals surface area contributed by atoms with Crippen molar-refractivity contribution in [2.24, 2.45) is 0 Å². The summed E-state index contributed by atoms with van der Waals surface area (Å²) in [6.45, 7) is 10.2. The van der Waals surface area contributed by atoms with Crippen LogP contribution in [0.1, 0.15) is 56.7 Å². The molecule has 0 spiro atoms. The molecule has 1 aliphatic carbocycles. The summed E-state index contributed by atoms with van der Waals surface area (Å²) in [6.07, 6.45) is 11.4. The molecule has 3 aliphatic rings. The third kappa shape index (κ3) is 3.98. The van der Waals surface area contributed by atoms with Gasteiger partial charge in [0.05, 0.1) is 5.69 Å². The number of fused-ring (bicyclic) bond motifs is 1. The van der Waals surface area contributed by atoms with Crippen molar-refractivity contribution < 1.29 is 0 Å². The van der Waals surface area contributed by atoms with Gasteiger partial charge in [-0.15, -0.1) is 0 Å². The van der Waals surface area contributed by atoms with Crippen LogP contribution in [0.4, 0.5) is 5.95 Å². The Labute approximate surface area is 152 Å². The van der Waals surface area contributed by atoms with Crippen molar-refractivity contribution in [3.05, 3.63) is 17.5 Å². The molecule has 25 heavy (non-hydrogen) atoms. The van der Waals surface area contributed by atoms with Gasteiger partial charge >= 0.3 is 0 Å². The molecule has 2 aliphatic heterocycles. The van der Waals surface area contributed by atoms with Gasteiger partial charge in [0.1, 0.15) is 0 Å². The first-order chi connectivity index (χ1) is 12.3. The number of anilines is 1. The number of unbranched alkanes of at least 4 members (excludes halogenated alkanes) is 2. The highest BCUT2D eigenvalue weighted by atomic mass is 15.3. The molecule has 0 amide bonds. The summed E-state index contributed by atoms with van der Waals surface area (Å²) >= 11 is 0. The summed E-state index contributed by atoms with van der Waals surface area (Å²) in [6, 6.07) is 0.866. The van der Waals surface area contributed by atoms with Crippen LogP contribution in [0, 0.1) is 0 Å². The highest BCUT2D eigenvalue weighted by Gasteiger charge is 2.29. The molecule has 0 radical (unpaired) electrons. The molecule has 0 aromatic carbocycles. The highest BCUT2D eigenvalue weighted by Crippen LogP contribution is 2.26. The Balaban J connectivity index is 1.33. The lowest BCUT2D eigenvalue weighted by molar-refractivity contribution is 0.120. The second-order valence-electron chi connectivity index (χ2n) is 7.98. The average molecular weight is 344 g/mol. The van der Waals surface area contributed by atoms with E-state index in [-0.39, 0.29) is 0 Å². The normalized spacial score (nSPS) is 22.7. The number of hydrogen-bond donors (Lipinski definition) is 0. The quantitative estimate of drug-likeness (QED) is 0.742. The van der Waals surface area contributed by atoms with E-state index in [4.69, 9.17) is 9.97 Å². The van der Waals surface area contributed by atoms with Crippen LogP contribution < -0.4 is 4.90 Å². The Morgan fingerprint density at radius 1 is 1.08 bits per heavy atom. The fourth-order valence-electron chi connectivity index (χ4n) is 4.33. The van der Waals surface area contributed by atoms with Crippen molar-refractivity contribution >= 4 is 5.95 Å². The van der Waals surface area contributed by atoms with Crippen molar-refractivity contribution in [3.8, 4) is 0 Å². The number of rotatable bonds is 6. The first kappa shape index (κ1) is 17.2. The molecule has 4 rings (SSSR count). The molecule has 5 heteroatoms. The molecule has 138 valence electrons. The van der Waals surface area contributed by atoms with Gasteiger partial charge in [0, 0.05) is 63.5 Å². The minimum Gasteiger partial charge on any atom is -0.338 e. The molecule has 0 atom stereocenters. The van der Waals surface area contributed by atoms with E-state index in [0.29, 0.717) is 0 Å². The van der Waals surface area contributed by atoms with Crippen molar-refractivity contribution in [1.82, 2.24) is 19.8 Å². The maximum absolute atomic E-state index is 4.94. The highest BCUT2D eigenvalue weighted by molar-refractivity contribution is 5.35. The Morgan fingerprint density at radius 2 is 1.92 bits per heavy atom. The van der Waals surface area contributed by atoms with E-state index in [1.165, 1.54) is 69.4 Å². The minimum atomic E-state index is 0.866. The number of piperazine rings is 1. The van der Waals surface area contributed by atoms with Crippen LogP contribution in [-0.4, -0.2) is 65.1 Å². The first-order valence-electron chi connectivity index (χ1n) is 10.4. The fraction of sp³-hybridized carbons (Fsp3) is 0.800. The number of hydrogen-bond acceptors (Lipinski definition) is 5. The molecule has 1 aromatic heterocycles. The summed E-state index contributed by atoms with van der Waals surface area (Å²) in [7, 11) is 0. The fourth-order valence-corrected chi connectivity index (χ4v) is 4.33. The zero-order valence-corrected chi connectivity index (χ0v) is 15.8. The van der Waals surface area contributed by atoms with E-state index in [9.17, 15) is 0 Å². The van der Waals surface area contributed by atoms with E-state index in [1.54, 1.807) is 0 Å². The average Bonchev–Trinajstić information content (AvgIpc) is 2.61. The molecule has 1 saturated heterocycles. The monoisotopic (exact) mass is 343 g/mol. The topological polar surface area (TPSA) is 35.5 Å². The van der Waals surface area contributed by atoms with Gasteiger partial charge in [-0.1, -0.05) is 26.2 Å². The lowest BCUT2D eigenvalue weighted by Crippen LogP contribution is -2.52. The van der Waals surface area contributed by atoms with Gasteiger partial charge < -0.3 is 4.90 Å². The summed E-state index contributed by atoms with van der Waals surface area (Å²) < 4.78 is 0. The molecule has 0 unspecified atom stereocenters. The molecule has 0 bridgehead atoms. The smallest absolute Gasteiger partial charge is 0.225 e. The number of aromatic nitrogens is 2. The Bertz CT molecular complexity index is 563. The number of nitrogens with zero attached hydrogens (tertiary/aromatic N) is 5. The molecule has 2 fully saturated rings. The third-order valence-electron chi connectivity index (χ3n) is 6.27. The summed E-state index contributed by atoms with van der Waals surface area (Å²) in [4.78, 5) is 17.3. The predicted molar refractivity (Wildman–Crippen MR) is 102 cm³/mol. The SMILES string of the molecule is CCCCCN1CCc2nc(N3CCN(C4CCC4)CC3)ncc2C1. The zero-order valence-electron chi connectivity index (χ0n) is 15.8. The van der Waals surface area contributed by atoms with Crippen molar-refractivity contribution in [2.45, 2.75) is 64.5 Å². The predicted octanol–water partition coefficient (Wildman–Crippen LogP) is 2.70. The Kier molecular flexibility index (Phi) is 5.51. The van der Waals surface area contributed by atoms with Gasteiger partial charge in [-0.3, -0.25) is 9.80 Å². The van der Waals surface area contributed by atoms with Crippen LogP contribution in [0.2, 0.25) is 0 Å². The zero-order chi connectivity index (χ0) is 17.1. The van der Waals surface area contributed by atoms with Crippen LogP contribution in [0.15, 0.2) is 6.20 Å². The van der Waals surface area contributed by atoms with E-state index in [2.05, 4.69) is 27.8 Å². The van der Waals surface area contributed by atoms with Gasteiger partial charge in [0.2, 0.25) is 5.95 Å². The molecular formula is C20H33N5. The first-order valence-corrected chi connectivity index (χ1v) is 10.4. The Morgan fingerprint density at radius 3 is 2.64 bits per heavy atom. The second kappa shape index (κ2) is 8.00. The summed E-state index contributed by atoms with van der Waals surface area (Å²) in [5.41, 5.74) is 2.64. The van der Waals surface area contributed by atoms with Gasteiger partial charge in [0.25, 0.3) is 0 Å². The minimum absolute atomic E-state index is 0.866. The maximum atomic E-state index is 4.94. The van der Waals surface area contributed by atoms with Crippen LogP contribution >= 0.6 is 0 Å². The van der Waals surface area contributed by atoms with Crippen LogP contribution in [0.3, 0.4) is 0 Å². The standard InChI is InChI=1S/C20H33N5/c1-2-3-4-9-23-10-8-19-17(16-23)15-21-20(22-19)25-13-11-24(12-14-25)18-6-5-7-18/h15,18H,2-14,16H2,1H3. The molecule has 5 nitrogen and oxygen atoms in total. The molecular weight excluding hydrogens is 310 g/mol. The van der Waals surface area contributed by atoms with Gasteiger partial charge in [-0.25, -0.2) is 9.97 Å². The second-order valence-corrected chi connectivity index (χ2v) is 7.98. The molecule has 0 N–H and O–H groups in total. The van der Waals surface area contributed by atoms with E-state index in [1.807, 2.05) is 0 Å². The van der Waals surface area contributed by atoms with Crippen LogP contribution in [0.25, 0.3) is 0 Å². The van der Waals surface area contributed by atoms with E-state index in [0.717, 1.165) is 44.6 Å². The van der Waals surface area contributed by atoms with Gasteiger partial charge in [0.15, 0.2) is 0 Å². The van der Waals surface area contributed by atoms with E-state index >= 15 is 0 Å². The maximum Gasteiger partial charge on any atom is 0.225 e. The molecule has 1 saturated carbocycles. The molecule has 1 aromatic rings. The van der Waals surface area contributed by atoms with E-state index < -0.39 is 0 Å². The Hall–Kier alpha value is -1.20. The lowest BCUT2D eigenvalue weighted by atomic mass is 9.91. The lowest BCUT2D eigenvalue weighted by Gasteiger charge is -2.43. The van der Waals surface area contributed by atoms with Crippen LogP contribution in [-0.2, 0) is 13.0 Å². The largest absolute Gasteiger partial charge is 0.338 e. The van der Waals surface area contributed by atoms with Crippen LogP contribution in [0.5, 0.6) is 0 Å². The molecule has 3 heterocycles. The third-order valence-corrected chi connectivity index (χ3v) is 6.27. The summed E-state index contributed by atoms with van der Waals surface area (Å²) in [5.74, 6) is 0.964. The van der Waals surface area contributed by atoms with Gasteiger partial charge in [-0.05, 0) is 25.8 Å².